The zero-order chi connectivity index (χ0) is 21.2. The van der Waals surface area contributed by atoms with Crippen molar-refractivity contribution in [3.05, 3.63) is 71.5 Å². The number of nitrogens with one attached hydrogen (secondary N) is 2. The zero-order valence-corrected chi connectivity index (χ0v) is 16.4. The van der Waals surface area contributed by atoms with Crippen LogP contribution in [0.15, 0.2) is 54.6 Å². The van der Waals surface area contributed by atoms with Crippen molar-refractivity contribution in [1.82, 2.24) is 10.6 Å². The summed E-state index contributed by atoms with van der Waals surface area (Å²) in [4.78, 5) is 36.0. The number of hydrogen-bond donors (Lipinski definition) is 3. The second-order valence-electron chi connectivity index (χ2n) is 6.89. The molecule has 2 rings (SSSR count). The lowest BCUT2D eigenvalue weighted by atomic mass is 10.0. The number of amides is 3. The van der Waals surface area contributed by atoms with Gasteiger partial charge in [0, 0.05) is 13.3 Å². The van der Waals surface area contributed by atoms with Crippen molar-refractivity contribution in [2.24, 2.45) is 5.73 Å². The molecule has 0 aliphatic rings. The normalized spacial score (nSPS) is 12.6. The number of nitrogens with two attached hydrogens (primary N) is 1. The summed E-state index contributed by atoms with van der Waals surface area (Å²) in [7, 11) is 0. The molecule has 29 heavy (non-hydrogen) atoms. The second-order valence-corrected chi connectivity index (χ2v) is 6.89. The Morgan fingerprint density at radius 3 is 2.24 bits per heavy atom. The van der Waals surface area contributed by atoms with E-state index in [9.17, 15) is 18.8 Å². The van der Waals surface area contributed by atoms with Gasteiger partial charge in [-0.05, 0) is 36.5 Å². The molecule has 154 valence electrons. The van der Waals surface area contributed by atoms with E-state index in [2.05, 4.69) is 10.6 Å². The van der Waals surface area contributed by atoms with Crippen LogP contribution in [0.4, 0.5) is 4.39 Å². The Bertz CT molecular complexity index is 842. The van der Waals surface area contributed by atoms with Gasteiger partial charge in [0.05, 0.1) is 0 Å². The minimum absolute atomic E-state index is 0.0341. The number of benzene rings is 2. The summed E-state index contributed by atoms with van der Waals surface area (Å²) < 4.78 is 14.0. The van der Waals surface area contributed by atoms with E-state index in [4.69, 9.17) is 5.73 Å². The van der Waals surface area contributed by atoms with Crippen LogP contribution in [-0.4, -0.2) is 29.8 Å². The van der Waals surface area contributed by atoms with Gasteiger partial charge in [-0.15, -0.1) is 0 Å². The van der Waals surface area contributed by atoms with E-state index in [1.54, 1.807) is 18.2 Å². The van der Waals surface area contributed by atoms with E-state index in [1.807, 2.05) is 30.3 Å². The Labute approximate surface area is 169 Å². The van der Waals surface area contributed by atoms with Crippen molar-refractivity contribution < 1.29 is 18.8 Å². The molecular formula is C22H26FN3O3. The fourth-order valence-electron chi connectivity index (χ4n) is 3.05. The number of aryl methyl sites for hydroxylation is 1. The van der Waals surface area contributed by atoms with Crippen LogP contribution in [0.5, 0.6) is 0 Å². The second kappa shape index (κ2) is 10.9. The molecule has 2 atom stereocenters. The van der Waals surface area contributed by atoms with Gasteiger partial charge in [0.15, 0.2) is 0 Å². The molecule has 7 heteroatoms. The van der Waals surface area contributed by atoms with Gasteiger partial charge >= 0.3 is 0 Å². The van der Waals surface area contributed by atoms with Crippen molar-refractivity contribution in [3.63, 3.8) is 0 Å². The van der Waals surface area contributed by atoms with Gasteiger partial charge in [-0.1, -0.05) is 48.5 Å². The van der Waals surface area contributed by atoms with E-state index in [1.165, 1.54) is 13.0 Å². The first kappa shape index (κ1) is 22.1. The van der Waals surface area contributed by atoms with Gasteiger partial charge in [-0.3, -0.25) is 14.4 Å². The molecule has 0 spiro atoms. The highest BCUT2D eigenvalue weighted by molar-refractivity contribution is 5.91. The average Bonchev–Trinajstić information content (AvgIpc) is 2.68. The Balaban J connectivity index is 2.00. The van der Waals surface area contributed by atoms with Gasteiger partial charge in [0.2, 0.25) is 17.7 Å². The molecule has 0 heterocycles. The zero-order valence-electron chi connectivity index (χ0n) is 16.4. The van der Waals surface area contributed by atoms with Crippen LogP contribution in [0.1, 0.15) is 30.9 Å². The first-order valence-corrected chi connectivity index (χ1v) is 9.51. The molecule has 2 aromatic carbocycles. The van der Waals surface area contributed by atoms with Crippen LogP contribution in [0.3, 0.4) is 0 Å². The van der Waals surface area contributed by atoms with E-state index in [0.29, 0.717) is 18.4 Å². The van der Waals surface area contributed by atoms with E-state index in [0.717, 1.165) is 12.0 Å². The van der Waals surface area contributed by atoms with Crippen LogP contribution in [0.25, 0.3) is 0 Å². The summed E-state index contributed by atoms with van der Waals surface area (Å²) in [6.07, 6.45) is 1.72. The molecule has 0 bridgehead atoms. The number of halogens is 1. The van der Waals surface area contributed by atoms with Crippen LogP contribution < -0.4 is 16.4 Å². The summed E-state index contributed by atoms with van der Waals surface area (Å²) in [5.41, 5.74) is 6.86. The first-order valence-electron chi connectivity index (χ1n) is 9.51. The van der Waals surface area contributed by atoms with E-state index in [-0.39, 0.29) is 6.42 Å². The minimum atomic E-state index is -1.01. The molecule has 0 fully saturated rings. The Morgan fingerprint density at radius 2 is 1.62 bits per heavy atom. The SMILES string of the molecule is CC(=O)N[C@@H](Cc1ccccc1F)C(=O)N[C@@H](CCCc1ccccc1)C(N)=O. The highest BCUT2D eigenvalue weighted by atomic mass is 19.1. The molecular weight excluding hydrogens is 373 g/mol. The molecule has 4 N–H and O–H groups in total. The molecule has 0 unspecified atom stereocenters. The summed E-state index contributed by atoms with van der Waals surface area (Å²) >= 11 is 0. The lowest BCUT2D eigenvalue weighted by Crippen LogP contribution is -2.53. The Morgan fingerprint density at radius 1 is 0.966 bits per heavy atom. The highest BCUT2D eigenvalue weighted by Gasteiger charge is 2.25. The monoisotopic (exact) mass is 399 g/mol. The molecule has 0 saturated carbocycles. The fourth-order valence-corrected chi connectivity index (χ4v) is 3.05. The maximum Gasteiger partial charge on any atom is 0.243 e. The Kier molecular flexibility index (Phi) is 8.33. The smallest absolute Gasteiger partial charge is 0.243 e. The van der Waals surface area contributed by atoms with Crippen molar-refractivity contribution in [3.8, 4) is 0 Å². The maximum absolute atomic E-state index is 14.0. The van der Waals surface area contributed by atoms with E-state index >= 15 is 0 Å². The number of carbonyl (C=O) groups excluding carboxylic acids is 3. The van der Waals surface area contributed by atoms with Gasteiger partial charge < -0.3 is 16.4 Å². The summed E-state index contributed by atoms with van der Waals surface area (Å²) in [5, 5.41) is 5.11. The van der Waals surface area contributed by atoms with Gasteiger partial charge in [0.1, 0.15) is 17.9 Å². The Hall–Kier alpha value is -3.22. The third-order valence-electron chi connectivity index (χ3n) is 4.54. The molecule has 0 aliphatic heterocycles. The van der Waals surface area contributed by atoms with Crippen molar-refractivity contribution >= 4 is 17.7 Å². The summed E-state index contributed by atoms with van der Waals surface area (Å²) in [5.74, 6) is -2.13. The molecule has 0 radical (unpaired) electrons. The third-order valence-corrected chi connectivity index (χ3v) is 4.54. The highest BCUT2D eigenvalue weighted by Crippen LogP contribution is 2.11. The van der Waals surface area contributed by atoms with Crippen molar-refractivity contribution in [1.29, 1.82) is 0 Å². The average molecular weight is 399 g/mol. The lowest BCUT2D eigenvalue weighted by molar-refractivity contribution is -0.130. The molecule has 3 amide bonds. The number of primary amides is 1. The molecule has 0 aromatic heterocycles. The molecule has 0 saturated heterocycles. The van der Waals surface area contributed by atoms with Crippen LogP contribution in [0, 0.1) is 5.82 Å². The van der Waals surface area contributed by atoms with Crippen LogP contribution in [0.2, 0.25) is 0 Å². The largest absolute Gasteiger partial charge is 0.368 e. The molecule has 2 aromatic rings. The first-order chi connectivity index (χ1) is 13.9. The van der Waals surface area contributed by atoms with Crippen LogP contribution >= 0.6 is 0 Å². The number of carbonyl (C=O) groups is 3. The molecule has 0 aliphatic carbocycles. The van der Waals surface area contributed by atoms with Gasteiger partial charge in [0.25, 0.3) is 0 Å². The van der Waals surface area contributed by atoms with Gasteiger partial charge in [-0.25, -0.2) is 4.39 Å². The number of rotatable bonds is 10. The predicted octanol–water partition coefficient (Wildman–Crippen LogP) is 1.87. The maximum atomic E-state index is 14.0. The third kappa shape index (κ3) is 7.37. The topological polar surface area (TPSA) is 101 Å². The van der Waals surface area contributed by atoms with Crippen molar-refractivity contribution in [2.75, 3.05) is 0 Å². The summed E-state index contributed by atoms with van der Waals surface area (Å²) in [6, 6.07) is 13.9. The minimum Gasteiger partial charge on any atom is -0.368 e. The van der Waals surface area contributed by atoms with E-state index < -0.39 is 35.6 Å². The van der Waals surface area contributed by atoms with Crippen molar-refractivity contribution in [2.45, 2.75) is 44.7 Å². The summed E-state index contributed by atoms with van der Waals surface area (Å²) in [6.45, 7) is 1.27. The quantitative estimate of drug-likeness (QED) is 0.568. The number of hydrogen-bond acceptors (Lipinski definition) is 3. The standard InChI is InChI=1S/C22H26FN3O3/c1-15(27)25-20(14-17-11-5-6-12-18(17)23)22(29)26-19(21(24)28)13-7-10-16-8-3-2-4-9-16/h2-6,8-9,11-12,19-20H,7,10,13-14H2,1H3,(H2,24,28)(H,25,27)(H,26,29)/t19-,20-/m0/s1. The van der Waals surface area contributed by atoms with Gasteiger partial charge in [-0.2, -0.15) is 0 Å². The lowest BCUT2D eigenvalue weighted by Gasteiger charge is -2.22. The fraction of sp³-hybridized carbons (Fsp3) is 0.318. The van der Waals surface area contributed by atoms with Crippen LogP contribution in [-0.2, 0) is 27.2 Å². The molecule has 6 nitrogen and oxygen atoms in total. The predicted molar refractivity (Wildman–Crippen MR) is 108 cm³/mol.